The Morgan fingerprint density at radius 2 is 2.18 bits per heavy atom. The summed E-state index contributed by atoms with van der Waals surface area (Å²) in [5.74, 6) is 0. The van der Waals surface area contributed by atoms with E-state index in [1.54, 1.807) is 0 Å². The molecule has 0 aliphatic carbocycles. The second-order valence-electron chi connectivity index (χ2n) is 2.92. The lowest BCUT2D eigenvalue weighted by molar-refractivity contribution is 0.321. The van der Waals surface area contributed by atoms with Crippen molar-refractivity contribution >= 4 is 15.9 Å². The third-order valence-corrected chi connectivity index (χ3v) is 2.38. The van der Waals surface area contributed by atoms with Gasteiger partial charge in [0.05, 0.1) is 4.60 Å². The molecule has 1 rings (SSSR count). The van der Waals surface area contributed by atoms with Crippen LogP contribution in [0.15, 0.2) is 16.9 Å². The van der Waals surface area contributed by atoms with E-state index >= 15 is 0 Å². The lowest BCUT2D eigenvalue weighted by atomic mass is 10.2. The first-order chi connectivity index (χ1) is 5.11. The zero-order chi connectivity index (χ0) is 8.43. The zero-order valence-corrected chi connectivity index (χ0v) is 8.64. The molecule has 1 heterocycles. The zero-order valence-electron chi connectivity index (χ0n) is 7.06. The topological polar surface area (TPSA) is 19.0 Å². The van der Waals surface area contributed by atoms with Crippen molar-refractivity contribution in [3.05, 3.63) is 22.4 Å². The number of hydrogen-bond acceptors (Lipinski definition) is 1. The number of aromatic nitrogens is 1. The van der Waals surface area contributed by atoms with Crippen molar-refractivity contribution in [2.24, 2.45) is 0 Å². The highest BCUT2D eigenvalue weighted by atomic mass is 79.9. The number of rotatable bonds is 2. The van der Waals surface area contributed by atoms with Crippen LogP contribution in [0.4, 0.5) is 0 Å². The molecule has 1 unspecified atom stereocenters. The van der Waals surface area contributed by atoms with E-state index in [1.807, 2.05) is 6.20 Å². The molecule has 0 amide bonds. The van der Waals surface area contributed by atoms with Gasteiger partial charge < -0.3 is 9.88 Å². The monoisotopic (exact) mass is 216 g/mol. The van der Waals surface area contributed by atoms with Gasteiger partial charge in [-0.05, 0) is 48.6 Å². The standard InChI is InChI=1S/C8H13BrN2/c1-6(11(2)3)7-4-8(9)10-5-7/h4-6,10H,1-3H3. The van der Waals surface area contributed by atoms with Crippen LogP contribution in [0.25, 0.3) is 0 Å². The Morgan fingerprint density at radius 1 is 1.55 bits per heavy atom. The second kappa shape index (κ2) is 3.41. The molecule has 1 atom stereocenters. The summed E-state index contributed by atoms with van der Waals surface area (Å²) in [6.07, 6.45) is 2.02. The average molecular weight is 217 g/mol. The Morgan fingerprint density at radius 3 is 2.55 bits per heavy atom. The van der Waals surface area contributed by atoms with Crippen LogP contribution < -0.4 is 0 Å². The summed E-state index contributed by atoms with van der Waals surface area (Å²) in [5, 5.41) is 0. The van der Waals surface area contributed by atoms with Crippen LogP contribution in [0, 0.1) is 0 Å². The highest BCUT2D eigenvalue weighted by Crippen LogP contribution is 2.20. The quantitative estimate of drug-likeness (QED) is 0.805. The third kappa shape index (κ3) is 2.07. The molecule has 0 fully saturated rings. The molecule has 0 saturated heterocycles. The van der Waals surface area contributed by atoms with Gasteiger partial charge >= 0.3 is 0 Å². The van der Waals surface area contributed by atoms with Gasteiger partial charge in [-0.1, -0.05) is 0 Å². The lowest BCUT2D eigenvalue weighted by Crippen LogP contribution is -2.15. The van der Waals surface area contributed by atoms with Crippen LogP contribution in [0.1, 0.15) is 18.5 Å². The van der Waals surface area contributed by atoms with Gasteiger partial charge in [-0.3, -0.25) is 0 Å². The molecule has 1 aromatic rings. The Labute approximate surface area is 75.7 Å². The maximum absolute atomic E-state index is 3.38. The van der Waals surface area contributed by atoms with Crippen LogP contribution in [-0.2, 0) is 0 Å². The van der Waals surface area contributed by atoms with E-state index in [4.69, 9.17) is 0 Å². The van der Waals surface area contributed by atoms with Gasteiger partial charge in [-0.15, -0.1) is 0 Å². The number of H-pyrrole nitrogens is 1. The highest BCUT2D eigenvalue weighted by molar-refractivity contribution is 9.10. The summed E-state index contributed by atoms with van der Waals surface area (Å²) in [6, 6.07) is 2.57. The maximum atomic E-state index is 3.38. The Bertz CT molecular complexity index is 230. The van der Waals surface area contributed by atoms with Gasteiger partial charge in [0.15, 0.2) is 0 Å². The summed E-state index contributed by atoms with van der Waals surface area (Å²) in [4.78, 5) is 5.27. The average Bonchev–Trinajstić information content (AvgIpc) is 2.34. The van der Waals surface area contributed by atoms with Gasteiger partial charge in [0.2, 0.25) is 0 Å². The molecule has 0 radical (unpaired) electrons. The summed E-state index contributed by atoms with van der Waals surface area (Å²) >= 11 is 3.38. The minimum Gasteiger partial charge on any atom is -0.356 e. The number of hydrogen-bond donors (Lipinski definition) is 1. The molecular weight excluding hydrogens is 204 g/mol. The molecule has 11 heavy (non-hydrogen) atoms. The fourth-order valence-corrected chi connectivity index (χ4v) is 1.30. The van der Waals surface area contributed by atoms with Crippen LogP contribution >= 0.6 is 15.9 Å². The molecule has 3 heteroatoms. The number of halogens is 1. The summed E-state index contributed by atoms with van der Waals surface area (Å²) in [7, 11) is 4.15. The van der Waals surface area contributed by atoms with E-state index < -0.39 is 0 Å². The SMILES string of the molecule is CC(c1c[nH]c(Br)c1)N(C)C. The molecule has 62 valence electrons. The Hall–Kier alpha value is -0.280. The van der Waals surface area contributed by atoms with Crippen LogP contribution in [0.5, 0.6) is 0 Å². The molecule has 2 nitrogen and oxygen atoms in total. The van der Waals surface area contributed by atoms with Gasteiger partial charge in [-0.2, -0.15) is 0 Å². The van der Waals surface area contributed by atoms with Crippen molar-refractivity contribution in [1.82, 2.24) is 9.88 Å². The summed E-state index contributed by atoms with van der Waals surface area (Å²) in [5.41, 5.74) is 1.31. The fourth-order valence-electron chi connectivity index (χ4n) is 0.921. The summed E-state index contributed by atoms with van der Waals surface area (Å²) < 4.78 is 1.04. The smallest absolute Gasteiger partial charge is 0.0823 e. The number of aromatic amines is 1. The second-order valence-corrected chi connectivity index (χ2v) is 3.77. The van der Waals surface area contributed by atoms with Gasteiger partial charge in [0.25, 0.3) is 0 Å². The lowest BCUT2D eigenvalue weighted by Gasteiger charge is -2.17. The van der Waals surface area contributed by atoms with E-state index in [0.717, 1.165) is 4.60 Å². The van der Waals surface area contributed by atoms with E-state index in [1.165, 1.54) is 5.56 Å². The predicted molar refractivity (Wildman–Crippen MR) is 50.6 cm³/mol. The van der Waals surface area contributed by atoms with Crippen LogP contribution in [-0.4, -0.2) is 24.0 Å². The minimum atomic E-state index is 0.470. The molecule has 0 aromatic carbocycles. The molecule has 0 aliphatic rings. The van der Waals surface area contributed by atoms with Gasteiger partial charge in [0, 0.05) is 12.2 Å². The molecule has 0 bridgehead atoms. The highest BCUT2D eigenvalue weighted by Gasteiger charge is 2.08. The Kier molecular flexibility index (Phi) is 2.73. The first-order valence-electron chi connectivity index (χ1n) is 3.61. The van der Waals surface area contributed by atoms with Crippen molar-refractivity contribution in [3.8, 4) is 0 Å². The largest absolute Gasteiger partial charge is 0.356 e. The first-order valence-corrected chi connectivity index (χ1v) is 4.41. The molecule has 0 saturated carbocycles. The van der Waals surface area contributed by atoms with Crippen LogP contribution in [0.3, 0.4) is 0 Å². The normalized spacial score (nSPS) is 13.9. The third-order valence-electron chi connectivity index (χ3n) is 1.93. The Balaban J connectivity index is 2.76. The molecule has 0 aliphatic heterocycles. The molecular formula is C8H13BrN2. The van der Waals surface area contributed by atoms with Crippen molar-refractivity contribution < 1.29 is 0 Å². The van der Waals surface area contributed by atoms with E-state index in [2.05, 4.69) is 52.9 Å². The van der Waals surface area contributed by atoms with E-state index in [0.29, 0.717) is 6.04 Å². The van der Waals surface area contributed by atoms with Crippen molar-refractivity contribution in [3.63, 3.8) is 0 Å². The minimum absolute atomic E-state index is 0.470. The van der Waals surface area contributed by atoms with Gasteiger partial charge in [0.1, 0.15) is 0 Å². The molecule has 1 N–H and O–H groups in total. The van der Waals surface area contributed by atoms with E-state index in [-0.39, 0.29) is 0 Å². The summed E-state index contributed by atoms with van der Waals surface area (Å²) in [6.45, 7) is 2.18. The number of nitrogens with one attached hydrogen (secondary N) is 1. The number of nitrogens with zero attached hydrogens (tertiary/aromatic N) is 1. The van der Waals surface area contributed by atoms with Crippen molar-refractivity contribution in [1.29, 1.82) is 0 Å². The van der Waals surface area contributed by atoms with E-state index in [9.17, 15) is 0 Å². The molecule has 0 spiro atoms. The van der Waals surface area contributed by atoms with Gasteiger partial charge in [-0.25, -0.2) is 0 Å². The first kappa shape index (κ1) is 8.81. The molecule has 1 aromatic heterocycles. The van der Waals surface area contributed by atoms with Crippen molar-refractivity contribution in [2.75, 3.05) is 14.1 Å². The van der Waals surface area contributed by atoms with Crippen molar-refractivity contribution in [2.45, 2.75) is 13.0 Å². The predicted octanol–water partition coefficient (Wildman–Crippen LogP) is 2.40. The fraction of sp³-hybridized carbons (Fsp3) is 0.500. The van der Waals surface area contributed by atoms with Crippen LogP contribution in [0.2, 0.25) is 0 Å². The maximum Gasteiger partial charge on any atom is 0.0823 e.